The maximum atomic E-state index is 15.2. The van der Waals surface area contributed by atoms with Crippen LogP contribution in [0.5, 0.6) is 0 Å². The Kier molecular flexibility index (Phi) is 8.18. The zero-order valence-electron chi connectivity index (χ0n) is 22.0. The molecular weight excluding hydrogens is 530 g/mol. The lowest BCUT2D eigenvalue weighted by Gasteiger charge is -2.25. The lowest BCUT2D eigenvalue weighted by atomic mass is 9.87. The number of halogens is 3. The number of rotatable bonds is 6. The van der Waals surface area contributed by atoms with Crippen LogP contribution in [-0.2, 0) is 15.0 Å². The third-order valence-electron chi connectivity index (χ3n) is 6.11. The minimum absolute atomic E-state index is 0.00719. The van der Waals surface area contributed by atoms with Crippen molar-refractivity contribution in [3.8, 4) is 5.69 Å². The van der Waals surface area contributed by atoms with Gasteiger partial charge in [0.25, 0.3) is 0 Å². The maximum absolute atomic E-state index is 15.2. The first-order chi connectivity index (χ1) is 17.9. The van der Waals surface area contributed by atoms with E-state index in [1.807, 2.05) is 34.6 Å². The summed E-state index contributed by atoms with van der Waals surface area (Å²) in [6, 6.07) is 10.5. The molecule has 202 valence electrons. The van der Waals surface area contributed by atoms with Crippen LogP contribution in [0, 0.1) is 17.6 Å². The summed E-state index contributed by atoms with van der Waals surface area (Å²) in [7, 11) is 0. The first-order valence-electron chi connectivity index (χ1n) is 12.4. The van der Waals surface area contributed by atoms with E-state index in [-0.39, 0.29) is 35.6 Å². The van der Waals surface area contributed by atoms with Gasteiger partial charge < -0.3 is 5.32 Å². The van der Waals surface area contributed by atoms with Gasteiger partial charge in [-0.3, -0.25) is 14.5 Å². The Morgan fingerprint density at radius 1 is 1.21 bits per heavy atom. The molecule has 2 heterocycles. The van der Waals surface area contributed by atoms with Crippen LogP contribution in [-0.4, -0.2) is 40.4 Å². The Hall–Kier alpha value is -2.91. The van der Waals surface area contributed by atoms with E-state index in [0.717, 1.165) is 6.07 Å². The fourth-order valence-corrected chi connectivity index (χ4v) is 5.74. The number of thioether (sulfide) groups is 1. The summed E-state index contributed by atoms with van der Waals surface area (Å²) >= 11 is 7.55. The molecule has 10 heteroatoms. The third-order valence-corrected chi connectivity index (χ3v) is 7.58. The summed E-state index contributed by atoms with van der Waals surface area (Å²) in [6.07, 6.45) is 0. The quantitative estimate of drug-likeness (QED) is 0.399. The fraction of sp³-hybridized carbons (Fsp3) is 0.393. The summed E-state index contributed by atoms with van der Waals surface area (Å²) < 4.78 is 30.6. The molecule has 1 aromatic heterocycles. The van der Waals surface area contributed by atoms with E-state index >= 15 is 4.39 Å². The van der Waals surface area contributed by atoms with Crippen LogP contribution in [0.25, 0.3) is 5.69 Å². The molecule has 0 spiro atoms. The molecule has 0 bridgehead atoms. The van der Waals surface area contributed by atoms with Crippen LogP contribution >= 0.6 is 23.4 Å². The predicted octanol–water partition coefficient (Wildman–Crippen LogP) is 6.04. The summed E-state index contributed by atoms with van der Waals surface area (Å²) in [5.41, 5.74) is 1.57. The molecule has 1 aliphatic heterocycles. The third kappa shape index (κ3) is 5.89. The molecule has 2 aromatic carbocycles. The average molecular weight is 561 g/mol. The minimum Gasteiger partial charge on any atom is -0.354 e. The Balaban J connectivity index is 1.99. The fourth-order valence-electron chi connectivity index (χ4n) is 4.34. The standard InChI is InChI=1S/C28H31ClF2N4O2S/c1-16(2)13-32-22(36)14-34-23(37)15-38-25(20-10-9-18(30)12-21(20)31)24-26(28(3,4)5)33-35(27(24)34)19-8-6-7-17(29)11-19/h6-12,16,25H,13-15H2,1-5H3,(H,32,36). The van der Waals surface area contributed by atoms with Crippen molar-refractivity contribution in [2.75, 3.05) is 23.7 Å². The molecule has 0 radical (unpaired) electrons. The second kappa shape index (κ2) is 11.1. The van der Waals surface area contributed by atoms with Gasteiger partial charge in [0.05, 0.1) is 22.4 Å². The number of carbonyl (C=O) groups excluding carboxylic acids is 2. The van der Waals surface area contributed by atoms with E-state index in [4.69, 9.17) is 16.7 Å². The summed E-state index contributed by atoms with van der Waals surface area (Å²) in [4.78, 5) is 28.0. The zero-order valence-corrected chi connectivity index (χ0v) is 23.6. The molecule has 1 unspecified atom stereocenters. The van der Waals surface area contributed by atoms with E-state index < -0.39 is 22.3 Å². The lowest BCUT2D eigenvalue weighted by Crippen LogP contribution is -2.43. The summed E-state index contributed by atoms with van der Waals surface area (Å²) in [6.45, 7) is 10.1. The van der Waals surface area contributed by atoms with Crippen molar-refractivity contribution >= 4 is 41.0 Å². The number of nitrogens with one attached hydrogen (secondary N) is 1. The average Bonchev–Trinajstić information content (AvgIpc) is 3.17. The highest BCUT2D eigenvalue weighted by atomic mass is 35.5. The Morgan fingerprint density at radius 3 is 2.58 bits per heavy atom. The van der Waals surface area contributed by atoms with Crippen molar-refractivity contribution in [3.05, 3.63) is 75.9 Å². The molecule has 3 aromatic rings. The largest absolute Gasteiger partial charge is 0.354 e. The number of hydrogen-bond donors (Lipinski definition) is 1. The highest BCUT2D eigenvalue weighted by Crippen LogP contribution is 2.49. The Morgan fingerprint density at radius 2 is 1.95 bits per heavy atom. The molecule has 1 aliphatic rings. The lowest BCUT2D eigenvalue weighted by molar-refractivity contribution is -0.123. The number of benzene rings is 2. The van der Waals surface area contributed by atoms with Crippen molar-refractivity contribution in [1.29, 1.82) is 0 Å². The predicted molar refractivity (Wildman–Crippen MR) is 148 cm³/mol. The molecule has 6 nitrogen and oxygen atoms in total. The molecule has 0 saturated heterocycles. The van der Waals surface area contributed by atoms with Gasteiger partial charge in [-0.25, -0.2) is 13.5 Å². The van der Waals surface area contributed by atoms with Gasteiger partial charge in [-0.2, -0.15) is 5.10 Å². The summed E-state index contributed by atoms with van der Waals surface area (Å²) in [5.74, 6) is -1.42. The first-order valence-corrected chi connectivity index (χ1v) is 13.8. The van der Waals surface area contributed by atoms with Gasteiger partial charge in [-0.05, 0) is 30.2 Å². The zero-order chi connectivity index (χ0) is 27.8. The van der Waals surface area contributed by atoms with Crippen LogP contribution < -0.4 is 10.2 Å². The number of fused-ring (bicyclic) bond motifs is 1. The van der Waals surface area contributed by atoms with Gasteiger partial charge in [-0.15, -0.1) is 11.8 Å². The molecule has 4 rings (SSSR count). The monoisotopic (exact) mass is 560 g/mol. The van der Waals surface area contributed by atoms with E-state index in [2.05, 4.69) is 5.32 Å². The Bertz CT molecular complexity index is 1370. The van der Waals surface area contributed by atoms with Crippen LogP contribution in [0.2, 0.25) is 5.02 Å². The van der Waals surface area contributed by atoms with Crippen molar-refractivity contribution in [1.82, 2.24) is 15.1 Å². The van der Waals surface area contributed by atoms with Crippen molar-refractivity contribution in [2.45, 2.75) is 45.3 Å². The number of nitrogens with zero attached hydrogens (tertiary/aromatic N) is 3. The minimum atomic E-state index is -0.709. The van der Waals surface area contributed by atoms with Gasteiger partial charge in [-0.1, -0.05) is 58.4 Å². The van der Waals surface area contributed by atoms with Gasteiger partial charge in [0.15, 0.2) is 0 Å². The molecule has 0 aliphatic carbocycles. The molecular formula is C28H31ClF2N4O2S. The SMILES string of the molecule is CC(C)CNC(=O)CN1C(=O)CSC(c2ccc(F)cc2F)c2c(C(C)(C)C)nn(-c3cccc(Cl)c3)c21. The topological polar surface area (TPSA) is 67.2 Å². The number of amides is 2. The van der Waals surface area contributed by atoms with Crippen molar-refractivity contribution in [3.63, 3.8) is 0 Å². The highest BCUT2D eigenvalue weighted by molar-refractivity contribution is 8.00. The van der Waals surface area contributed by atoms with Gasteiger partial charge in [0, 0.05) is 34.2 Å². The molecule has 0 saturated carbocycles. The number of hydrogen-bond acceptors (Lipinski definition) is 4. The molecule has 0 fully saturated rings. The van der Waals surface area contributed by atoms with Crippen LogP contribution in [0.4, 0.5) is 14.6 Å². The van der Waals surface area contributed by atoms with Gasteiger partial charge >= 0.3 is 0 Å². The van der Waals surface area contributed by atoms with E-state index in [0.29, 0.717) is 34.3 Å². The normalized spacial score (nSPS) is 16.0. The maximum Gasteiger partial charge on any atom is 0.240 e. The number of carbonyl (C=O) groups is 2. The summed E-state index contributed by atoms with van der Waals surface area (Å²) in [5, 5.41) is 7.61. The van der Waals surface area contributed by atoms with E-state index in [9.17, 15) is 14.0 Å². The van der Waals surface area contributed by atoms with Gasteiger partial charge in [0.1, 0.15) is 24.0 Å². The van der Waals surface area contributed by atoms with Crippen LogP contribution in [0.1, 0.15) is 56.7 Å². The number of aromatic nitrogens is 2. The van der Waals surface area contributed by atoms with Crippen molar-refractivity contribution in [2.24, 2.45) is 5.92 Å². The smallest absolute Gasteiger partial charge is 0.240 e. The second-order valence-electron chi connectivity index (χ2n) is 10.8. The van der Waals surface area contributed by atoms with E-state index in [1.165, 1.54) is 28.8 Å². The first kappa shape index (κ1) is 28.1. The molecule has 1 N–H and O–H groups in total. The van der Waals surface area contributed by atoms with E-state index in [1.54, 1.807) is 28.9 Å². The number of anilines is 1. The van der Waals surface area contributed by atoms with Gasteiger partial charge in [0.2, 0.25) is 11.8 Å². The molecule has 1 atom stereocenters. The van der Waals surface area contributed by atoms with Crippen LogP contribution in [0.3, 0.4) is 0 Å². The Labute approximate surface area is 230 Å². The highest BCUT2D eigenvalue weighted by Gasteiger charge is 2.40. The van der Waals surface area contributed by atoms with Crippen molar-refractivity contribution < 1.29 is 18.4 Å². The molecule has 38 heavy (non-hydrogen) atoms. The second-order valence-corrected chi connectivity index (χ2v) is 12.3. The molecule has 2 amide bonds. The van der Waals surface area contributed by atoms with Crippen LogP contribution in [0.15, 0.2) is 42.5 Å².